The maximum atomic E-state index is 13.9. The molecular weight excluding hydrogens is 483 g/mol. The number of fused-ring (bicyclic) bond motifs is 2. The van der Waals surface area contributed by atoms with Crippen LogP contribution in [0.5, 0.6) is 5.75 Å². The molecule has 7 rings (SSSR count). The highest BCUT2D eigenvalue weighted by molar-refractivity contribution is 5.95. The van der Waals surface area contributed by atoms with E-state index in [1.807, 2.05) is 30.3 Å². The van der Waals surface area contributed by atoms with Crippen LogP contribution < -0.4 is 10.1 Å². The van der Waals surface area contributed by atoms with Crippen LogP contribution in [0.4, 0.5) is 4.39 Å². The lowest BCUT2D eigenvalue weighted by Crippen LogP contribution is -2.34. The van der Waals surface area contributed by atoms with E-state index in [0.29, 0.717) is 33.8 Å². The number of halogens is 1. The molecule has 0 amide bonds. The molecule has 0 radical (unpaired) electrons. The fourth-order valence-electron chi connectivity index (χ4n) is 4.85. The number of piperidine rings is 1. The number of aromatic nitrogens is 7. The Bertz CT molecular complexity index is 1770. The lowest BCUT2D eigenvalue weighted by atomic mass is 10.1. The van der Waals surface area contributed by atoms with Crippen molar-refractivity contribution in [2.45, 2.75) is 18.9 Å². The first-order valence-corrected chi connectivity index (χ1v) is 12.5. The number of nitrogens with zero attached hydrogens (tertiary/aromatic N) is 5. The normalized spacial score (nSPS) is 14.3. The lowest BCUT2D eigenvalue weighted by Gasteiger charge is -2.23. The Balaban J connectivity index is 1.26. The third-order valence-electron chi connectivity index (χ3n) is 6.73. The summed E-state index contributed by atoms with van der Waals surface area (Å²) in [5.41, 5.74) is 6.29. The Kier molecular flexibility index (Phi) is 5.51. The smallest absolute Gasteiger partial charge is 0.161 e. The standard InChI is InChI=1S/C28H23FN8O/c29-18-3-1-2-16(12-18)24-25-22(8-11-32-24)34-28(35-25)27-26-23(36-37-27)5-4-21(33-26)17-13-20(15-31-14-17)38-19-6-9-30-10-7-19/h1-5,8,11-15,19,30H,6-7,9-10H2,(H,34,35)(H,36,37). The van der Waals surface area contributed by atoms with Gasteiger partial charge in [0, 0.05) is 23.5 Å². The average molecular weight is 507 g/mol. The number of ether oxygens (including phenoxy) is 1. The number of H-pyrrole nitrogens is 2. The van der Waals surface area contributed by atoms with Gasteiger partial charge < -0.3 is 15.0 Å². The molecule has 0 unspecified atom stereocenters. The van der Waals surface area contributed by atoms with Crippen molar-refractivity contribution in [1.29, 1.82) is 0 Å². The molecular formula is C28H23FN8O. The van der Waals surface area contributed by atoms with E-state index < -0.39 is 0 Å². The van der Waals surface area contributed by atoms with Gasteiger partial charge >= 0.3 is 0 Å². The van der Waals surface area contributed by atoms with E-state index in [0.717, 1.165) is 54.0 Å². The molecule has 0 bridgehead atoms. The third-order valence-corrected chi connectivity index (χ3v) is 6.73. The van der Waals surface area contributed by atoms with Gasteiger partial charge in [-0.05, 0) is 62.3 Å². The number of hydrogen-bond acceptors (Lipinski definition) is 7. The lowest BCUT2D eigenvalue weighted by molar-refractivity contribution is 0.162. The van der Waals surface area contributed by atoms with Crippen molar-refractivity contribution in [3.05, 3.63) is 72.9 Å². The summed E-state index contributed by atoms with van der Waals surface area (Å²) in [5.74, 6) is 0.952. The van der Waals surface area contributed by atoms with Crippen molar-refractivity contribution >= 4 is 22.1 Å². The number of benzene rings is 1. The molecule has 1 aliphatic heterocycles. The second kappa shape index (κ2) is 9.31. The van der Waals surface area contributed by atoms with E-state index in [-0.39, 0.29) is 11.9 Å². The molecule has 0 spiro atoms. The number of rotatable bonds is 5. The first kappa shape index (κ1) is 22.5. The zero-order valence-electron chi connectivity index (χ0n) is 20.3. The number of pyridine rings is 3. The third kappa shape index (κ3) is 4.14. The zero-order chi connectivity index (χ0) is 25.5. The summed E-state index contributed by atoms with van der Waals surface area (Å²) < 4.78 is 20.1. The van der Waals surface area contributed by atoms with Gasteiger partial charge in [0.25, 0.3) is 0 Å². The van der Waals surface area contributed by atoms with Gasteiger partial charge in [0.1, 0.15) is 28.7 Å². The van der Waals surface area contributed by atoms with Crippen LogP contribution in [-0.2, 0) is 0 Å². The first-order valence-electron chi connectivity index (χ1n) is 12.5. The molecule has 10 heteroatoms. The minimum absolute atomic E-state index is 0.184. The Hall–Kier alpha value is -4.70. The molecule has 9 nitrogen and oxygen atoms in total. The van der Waals surface area contributed by atoms with Crippen LogP contribution in [0.1, 0.15) is 12.8 Å². The van der Waals surface area contributed by atoms with E-state index in [1.165, 1.54) is 12.1 Å². The van der Waals surface area contributed by atoms with Crippen LogP contribution in [0.3, 0.4) is 0 Å². The zero-order valence-corrected chi connectivity index (χ0v) is 20.3. The summed E-state index contributed by atoms with van der Waals surface area (Å²) in [6.45, 7) is 1.92. The van der Waals surface area contributed by atoms with Crippen molar-refractivity contribution in [1.82, 2.24) is 40.4 Å². The molecule has 1 fully saturated rings. The summed E-state index contributed by atoms with van der Waals surface area (Å²) in [6.07, 6.45) is 7.33. The van der Waals surface area contributed by atoms with Crippen LogP contribution in [0.15, 0.2) is 67.1 Å². The predicted molar refractivity (Wildman–Crippen MR) is 142 cm³/mol. The molecule has 5 aromatic heterocycles. The fourth-order valence-corrected chi connectivity index (χ4v) is 4.85. The van der Waals surface area contributed by atoms with Gasteiger partial charge in [0.15, 0.2) is 11.5 Å². The first-order chi connectivity index (χ1) is 18.7. The Morgan fingerprint density at radius 2 is 1.76 bits per heavy atom. The molecule has 1 aromatic carbocycles. The Morgan fingerprint density at radius 3 is 2.66 bits per heavy atom. The number of nitrogens with one attached hydrogen (secondary N) is 3. The maximum Gasteiger partial charge on any atom is 0.161 e. The molecule has 1 saturated heterocycles. The Labute approximate surface area is 216 Å². The SMILES string of the molecule is Fc1cccc(-c2nccc3[nH]c(-c4n[nH]c5ccc(-c6cncc(OC7CCNCC7)c6)nc45)nc23)c1. The van der Waals surface area contributed by atoms with E-state index in [2.05, 4.69) is 30.5 Å². The molecule has 0 atom stereocenters. The molecule has 0 aliphatic carbocycles. The summed E-state index contributed by atoms with van der Waals surface area (Å²) in [6, 6.07) is 14.0. The number of hydrogen-bond donors (Lipinski definition) is 3. The number of imidazole rings is 1. The van der Waals surface area contributed by atoms with Gasteiger partial charge in [-0.15, -0.1) is 0 Å². The molecule has 0 saturated carbocycles. The van der Waals surface area contributed by atoms with E-state index >= 15 is 0 Å². The minimum atomic E-state index is -0.327. The monoisotopic (exact) mass is 506 g/mol. The Morgan fingerprint density at radius 1 is 0.868 bits per heavy atom. The van der Waals surface area contributed by atoms with Crippen LogP contribution in [-0.4, -0.2) is 54.3 Å². The van der Waals surface area contributed by atoms with Crippen molar-refractivity contribution in [2.24, 2.45) is 0 Å². The van der Waals surface area contributed by atoms with Crippen molar-refractivity contribution in [2.75, 3.05) is 13.1 Å². The summed E-state index contributed by atoms with van der Waals surface area (Å²) in [5, 5.41) is 10.9. The summed E-state index contributed by atoms with van der Waals surface area (Å²) in [7, 11) is 0. The second-order valence-electron chi connectivity index (χ2n) is 9.29. The van der Waals surface area contributed by atoms with E-state index in [1.54, 1.807) is 24.7 Å². The average Bonchev–Trinajstić information content (AvgIpc) is 3.57. The maximum absolute atomic E-state index is 13.9. The summed E-state index contributed by atoms with van der Waals surface area (Å²) >= 11 is 0. The van der Waals surface area contributed by atoms with Crippen LogP contribution >= 0.6 is 0 Å². The van der Waals surface area contributed by atoms with Gasteiger partial charge in [-0.2, -0.15) is 5.10 Å². The van der Waals surface area contributed by atoms with Gasteiger partial charge in [-0.25, -0.2) is 14.4 Å². The molecule has 6 heterocycles. The van der Waals surface area contributed by atoms with Crippen molar-refractivity contribution < 1.29 is 9.13 Å². The highest BCUT2D eigenvalue weighted by Crippen LogP contribution is 2.31. The van der Waals surface area contributed by atoms with Gasteiger partial charge in [0.2, 0.25) is 0 Å². The van der Waals surface area contributed by atoms with Crippen LogP contribution in [0.2, 0.25) is 0 Å². The van der Waals surface area contributed by atoms with Crippen molar-refractivity contribution in [3.63, 3.8) is 0 Å². The van der Waals surface area contributed by atoms with E-state index in [4.69, 9.17) is 14.7 Å². The molecule has 6 aromatic rings. The highest BCUT2D eigenvalue weighted by atomic mass is 19.1. The summed E-state index contributed by atoms with van der Waals surface area (Å²) in [4.78, 5) is 21.9. The molecule has 1 aliphatic rings. The van der Waals surface area contributed by atoms with Gasteiger partial charge in [-0.3, -0.25) is 15.1 Å². The predicted octanol–water partition coefficient (Wildman–Crippen LogP) is 4.90. The van der Waals surface area contributed by atoms with Crippen LogP contribution in [0.25, 0.3) is 56.1 Å². The number of aromatic amines is 2. The van der Waals surface area contributed by atoms with E-state index in [9.17, 15) is 4.39 Å². The van der Waals surface area contributed by atoms with Crippen molar-refractivity contribution in [3.8, 4) is 39.8 Å². The van der Waals surface area contributed by atoms with Gasteiger partial charge in [0.05, 0.1) is 28.6 Å². The minimum Gasteiger partial charge on any atom is -0.489 e. The molecule has 3 N–H and O–H groups in total. The fraction of sp³-hybridized carbons (Fsp3) is 0.179. The molecule has 188 valence electrons. The van der Waals surface area contributed by atoms with Crippen LogP contribution in [0, 0.1) is 5.82 Å². The highest BCUT2D eigenvalue weighted by Gasteiger charge is 2.18. The largest absolute Gasteiger partial charge is 0.489 e. The second-order valence-corrected chi connectivity index (χ2v) is 9.29. The molecule has 38 heavy (non-hydrogen) atoms. The topological polar surface area (TPSA) is 117 Å². The quantitative estimate of drug-likeness (QED) is 0.305. The van der Waals surface area contributed by atoms with Gasteiger partial charge in [-0.1, -0.05) is 12.1 Å².